The Morgan fingerprint density at radius 1 is 0.412 bits per heavy atom. The zero-order chi connectivity index (χ0) is 35.4. The summed E-state index contributed by atoms with van der Waals surface area (Å²) in [6.45, 7) is 18.5. The van der Waals surface area contributed by atoms with Gasteiger partial charge < -0.3 is 4.90 Å². The van der Waals surface area contributed by atoms with Gasteiger partial charge in [-0.1, -0.05) is 124 Å². The van der Waals surface area contributed by atoms with Crippen LogP contribution in [0.4, 0.5) is 17.1 Å². The van der Waals surface area contributed by atoms with Crippen LogP contribution >= 0.6 is 0 Å². The third kappa shape index (κ3) is 4.60. The van der Waals surface area contributed by atoms with E-state index in [0.29, 0.717) is 0 Å². The van der Waals surface area contributed by atoms with Crippen LogP contribution in [0, 0.1) is 27.7 Å². The second kappa shape index (κ2) is 11.0. The highest BCUT2D eigenvalue weighted by Crippen LogP contribution is 2.58. The van der Waals surface area contributed by atoms with Crippen LogP contribution in [0.1, 0.15) is 72.2 Å². The van der Waals surface area contributed by atoms with Crippen LogP contribution in [-0.4, -0.2) is 0 Å². The standard InChI is InChI=1S/C50H45N/c1-30-18-22-46(32(3)24-30)51(47-23-19-31(2)25-33(47)4)35-20-21-37-40-28-44-41(29-43(40)49(5,6)42(37)26-35)48-38-17-13-12-16-36(38)39(27-45(48)50(44,7)8)34-14-10-9-11-15-34/h9-29H,1-8H3. The lowest BCUT2D eigenvalue weighted by Crippen LogP contribution is -2.18. The molecule has 0 N–H and O–H groups in total. The highest BCUT2D eigenvalue weighted by atomic mass is 15.1. The molecule has 1 heteroatoms. The van der Waals surface area contributed by atoms with Crippen molar-refractivity contribution < 1.29 is 0 Å². The van der Waals surface area contributed by atoms with Crippen LogP contribution in [-0.2, 0) is 10.8 Å². The first kappa shape index (κ1) is 31.6. The summed E-state index contributed by atoms with van der Waals surface area (Å²) in [5.74, 6) is 0. The molecule has 2 aliphatic carbocycles. The fraction of sp³-hybridized carbons (Fsp3) is 0.200. The maximum absolute atomic E-state index is 2.55. The zero-order valence-electron chi connectivity index (χ0n) is 31.1. The van der Waals surface area contributed by atoms with Crippen LogP contribution < -0.4 is 4.90 Å². The summed E-state index contributed by atoms with van der Waals surface area (Å²) in [5.41, 5.74) is 22.2. The summed E-state index contributed by atoms with van der Waals surface area (Å²) in [7, 11) is 0. The molecule has 7 aromatic carbocycles. The Morgan fingerprint density at radius 3 is 1.59 bits per heavy atom. The molecule has 0 saturated heterocycles. The topological polar surface area (TPSA) is 3.24 Å². The van der Waals surface area contributed by atoms with E-state index in [4.69, 9.17) is 0 Å². The monoisotopic (exact) mass is 659 g/mol. The van der Waals surface area contributed by atoms with Gasteiger partial charge in [0.05, 0.1) is 0 Å². The Kier molecular flexibility index (Phi) is 6.84. The fourth-order valence-electron chi connectivity index (χ4n) is 9.31. The Balaban J connectivity index is 1.23. The summed E-state index contributed by atoms with van der Waals surface area (Å²) < 4.78 is 0. The number of hydrogen-bond acceptors (Lipinski definition) is 1. The largest absolute Gasteiger partial charge is 0.310 e. The average Bonchev–Trinajstić information content (AvgIpc) is 3.48. The summed E-state index contributed by atoms with van der Waals surface area (Å²) in [5, 5.41) is 2.66. The first-order valence-electron chi connectivity index (χ1n) is 18.4. The van der Waals surface area contributed by atoms with Gasteiger partial charge in [0.25, 0.3) is 0 Å². The van der Waals surface area contributed by atoms with Gasteiger partial charge >= 0.3 is 0 Å². The van der Waals surface area contributed by atoms with E-state index in [2.05, 4.69) is 188 Å². The maximum atomic E-state index is 2.55. The molecule has 0 aliphatic heterocycles. The van der Waals surface area contributed by atoms with Gasteiger partial charge in [-0.05, 0) is 148 Å². The van der Waals surface area contributed by atoms with E-state index in [9.17, 15) is 0 Å². The predicted octanol–water partition coefficient (Wildman–Crippen LogP) is 13.8. The van der Waals surface area contributed by atoms with Gasteiger partial charge in [0.2, 0.25) is 0 Å². The number of hydrogen-bond donors (Lipinski definition) is 0. The number of aryl methyl sites for hydroxylation is 4. The summed E-state index contributed by atoms with van der Waals surface area (Å²) in [4.78, 5) is 2.47. The van der Waals surface area contributed by atoms with Crippen molar-refractivity contribution in [3.05, 3.63) is 172 Å². The second-order valence-corrected chi connectivity index (χ2v) is 16.1. The molecule has 0 heterocycles. The summed E-state index contributed by atoms with van der Waals surface area (Å²) >= 11 is 0. The molecular formula is C50H45N. The molecule has 0 bridgehead atoms. The molecule has 0 amide bonds. The number of benzene rings is 7. The number of nitrogens with zero attached hydrogens (tertiary/aromatic N) is 1. The fourth-order valence-corrected chi connectivity index (χ4v) is 9.31. The molecule has 0 spiro atoms. The Hall–Kier alpha value is -5.40. The van der Waals surface area contributed by atoms with E-state index in [1.54, 1.807) is 0 Å². The first-order valence-corrected chi connectivity index (χ1v) is 18.4. The van der Waals surface area contributed by atoms with Gasteiger partial charge in [-0.2, -0.15) is 0 Å². The molecule has 0 radical (unpaired) electrons. The molecule has 2 aliphatic rings. The maximum Gasteiger partial charge on any atom is 0.0491 e. The molecule has 250 valence electrons. The van der Waals surface area contributed by atoms with Gasteiger partial charge in [-0.15, -0.1) is 0 Å². The van der Waals surface area contributed by atoms with E-state index < -0.39 is 0 Å². The highest BCUT2D eigenvalue weighted by molar-refractivity contribution is 6.09. The van der Waals surface area contributed by atoms with Gasteiger partial charge in [-0.25, -0.2) is 0 Å². The normalized spacial score (nSPS) is 14.6. The van der Waals surface area contributed by atoms with Crippen molar-refractivity contribution >= 4 is 27.8 Å². The lowest BCUT2D eigenvalue weighted by atomic mass is 9.79. The van der Waals surface area contributed by atoms with E-state index in [-0.39, 0.29) is 10.8 Å². The van der Waals surface area contributed by atoms with Gasteiger partial charge in [0, 0.05) is 27.9 Å². The van der Waals surface area contributed by atoms with E-state index in [0.717, 1.165) is 0 Å². The zero-order valence-corrected chi connectivity index (χ0v) is 31.1. The third-order valence-electron chi connectivity index (χ3n) is 12.0. The van der Waals surface area contributed by atoms with Crippen LogP contribution in [0.5, 0.6) is 0 Å². The quantitative estimate of drug-likeness (QED) is 0.182. The molecule has 1 nitrogen and oxygen atoms in total. The SMILES string of the molecule is Cc1ccc(N(c2ccc3c(c2)C(C)(C)c2cc4c(cc2-3)C(C)(C)c2cc(-c3ccccc3)c3ccccc3c2-4)c2ccc(C)cc2C)c(C)c1. The van der Waals surface area contributed by atoms with Crippen molar-refractivity contribution in [2.24, 2.45) is 0 Å². The Bertz CT molecular complexity index is 2510. The first-order chi connectivity index (χ1) is 24.4. The van der Waals surface area contributed by atoms with Crippen molar-refractivity contribution in [1.29, 1.82) is 0 Å². The van der Waals surface area contributed by atoms with Crippen LogP contribution in [0.2, 0.25) is 0 Å². The molecule has 0 saturated carbocycles. The molecule has 7 aromatic rings. The smallest absolute Gasteiger partial charge is 0.0491 e. The predicted molar refractivity (Wildman–Crippen MR) is 218 cm³/mol. The van der Waals surface area contributed by atoms with Crippen LogP contribution in [0.25, 0.3) is 44.2 Å². The van der Waals surface area contributed by atoms with Gasteiger partial charge in [-0.3, -0.25) is 0 Å². The molecule has 0 atom stereocenters. The van der Waals surface area contributed by atoms with Crippen molar-refractivity contribution in [2.45, 2.75) is 66.2 Å². The lowest BCUT2D eigenvalue weighted by Gasteiger charge is -2.30. The van der Waals surface area contributed by atoms with Gasteiger partial charge in [0.1, 0.15) is 0 Å². The van der Waals surface area contributed by atoms with Crippen LogP contribution in [0.3, 0.4) is 0 Å². The lowest BCUT2D eigenvalue weighted by molar-refractivity contribution is 0.652. The van der Waals surface area contributed by atoms with Crippen molar-refractivity contribution in [2.75, 3.05) is 4.90 Å². The Labute approximate surface area is 303 Å². The van der Waals surface area contributed by atoms with Crippen molar-refractivity contribution in [1.82, 2.24) is 0 Å². The molecule has 0 aromatic heterocycles. The number of rotatable bonds is 4. The molecule has 0 fully saturated rings. The van der Waals surface area contributed by atoms with E-state index in [1.165, 1.54) is 106 Å². The van der Waals surface area contributed by atoms with Crippen molar-refractivity contribution in [3.8, 4) is 33.4 Å². The van der Waals surface area contributed by atoms with Gasteiger partial charge in [0.15, 0.2) is 0 Å². The molecular weight excluding hydrogens is 615 g/mol. The van der Waals surface area contributed by atoms with Crippen molar-refractivity contribution in [3.63, 3.8) is 0 Å². The van der Waals surface area contributed by atoms with Crippen LogP contribution in [0.15, 0.2) is 127 Å². The minimum absolute atomic E-state index is 0.136. The Morgan fingerprint density at radius 2 is 0.941 bits per heavy atom. The molecule has 0 unspecified atom stereocenters. The molecule has 51 heavy (non-hydrogen) atoms. The average molecular weight is 660 g/mol. The van der Waals surface area contributed by atoms with E-state index in [1.807, 2.05) is 0 Å². The summed E-state index contributed by atoms with van der Waals surface area (Å²) in [6, 6.07) is 48.3. The minimum atomic E-state index is -0.168. The third-order valence-corrected chi connectivity index (χ3v) is 12.0. The molecule has 9 rings (SSSR count). The number of fused-ring (bicyclic) bond motifs is 8. The number of anilines is 3. The minimum Gasteiger partial charge on any atom is -0.310 e. The highest BCUT2D eigenvalue weighted by Gasteiger charge is 2.43. The van der Waals surface area contributed by atoms with E-state index >= 15 is 0 Å². The summed E-state index contributed by atoms with van der Waals surface area (Å²) in [6.07, 6.45) is 0. The second-order valence-electron chi connectivity index (χ2n) is 16.1.